The minimum atomic E-state index is -0.160. The van der Waals surface area contributed by atoms with Gasteiger partial charge in [0.05, 0.1) is 11.1 Å². The van der Waals surface area contributed by atoms with Crippen molar-refractivity contribution in [2.75, 3.05) is 11.1 Å². The fourth-order valence-corrected chi connectivity index (χ4v) is 6.21. The summed E-state index contributed by atoms with van der Waals surface area (Å²) >= 11 is 2.71. The van der Waals surface area contributed by atoms with Gasteiger partial charge < -0.3 is 10.3 Å². The third-order valence-corrected chi connectivity index (χ3v) is 8.02. The number of aryl methyl sites for hydroxylation is 2. The summed E-state index contributed by atoms with van der Waals surface area (Å²) in [6, 6.07) is 14.4. The summed E-state index contributed by atoms with van der Waals surface area (Å²) in [7, 11) is 0. The van der Waals surface area contributed by atoms with Crippen molar-refractivity contribution in [3.05, 3.63) is 74.9 Å². The molecule has 0 atom stereocenters. The molecule has 0 saturated heterocycles. The van der Waals surface area contributed by atoms with Gasteiger partial charge in [0.1, 0.15) is 4.83 Å². The Kier molecular flexibility index (Phi) is 6.57. The van der Waals surface area contributed by atoms with Crippen molar-refractivity contribution in [2.24, 2.45) is 0 Å². The van der Waals surface area contributed by atoms with Crippen LogP contribution in [0.5, 0.6) is 0 Å². The van der Waals surface area contributed by atoms with Crippen molar-refractivity contribution < 1.29 is 4.79 Å². The van der Waals surface area contributed by atoms with Gasteiger partial charge in [0.2, 0.25) is 5.91 Å². The zero-order valence-corrected chi connectivity index (χ0v) is 20.9. The Bertz CT molecular complexity index is 1420. The predicted molar refractivity (Wildman–Crippen MR) is 142 cm³/mol. The number of thioether (sulfide) groups is 1. The first-order chi connectivity index (χ1) is 16.5. The third kappa shape index (κ3) is 4.68. The summed E-state index contributed by atoms with van der Waals surface area (Å²) in [6.45, 7) is 4.20. The highest BCUT2D eigenvalue weighted by Crippen LogP contribution is 2.34. The molecule has 5 nitrogen and oxygen atoms in total. The summed E-state index contributed by atoms with van der Waals surface area (Å²) in [5.74, 6) is 0.360. The highest BCUT2D eigenvalue weighted by molar-refractivity contribution is 7.99. The molecule has 0 saturated carbocycles. The third-order valence-electron chi connectivity index (χ3n) is 6.28. The first-order valence-corrected chi connectivity index (χ1v) is 13.5. The number of benzene rings is 2. The number of fused-ring (bicyclic) bond motifs is 2. The molecule has 2 heterocycles. The zero-order valence-electron chi connectivity index (χ0n) is 19.3. The molecule has 1 aliphatic rings. The lowest BCUT2D eigenvalue weighted by molar-refractivity contribution is -0.113. The molecule has 0 aliphatic heterocycles. The lowest BCUT2D eigenvalue weighted by Crippen LogP contribution is -2.16. The second kappa shape index (κ2) is 9.76. The maximum atomic E-state index is 13.0. The highest BCUT2D eigenvalue weighted by atomic mass is 32.2. The lowest BCUT2D eigenvalue weighted by atomic mass is 9.89. The highest BCUT2D eigenvalue weighted by Gasteiger charge is 2.17. The van der Waals surface area contributed by atoms with E-state index in [9.17, 15) is 9.59 Å². The van der Waals surface area contributed by atoms with Crippen molar-refractivity contribution in [2.45, 2.75) is 50.6 Å². The molecule has 174 valence electrons. The Balaban J connectivity index is 1.33. The number of carbonyl (C=O) groups is 1. The fourth-order valence-electron chi connectivity index (χ4n) is 4.55. The molecule has 2 aromatic carbocycles. The summed E-state index contributed by atoms with van der Waals surface area (Å²) in [5, 5.41) is 6.09. The van der Waals surface area contributed by atoms with Gasteiger partial charge in [0, 0.05) is 16.6 Å². The summed E-state index contributed by atoms with van der Waals surface area (Å²) in [5.41, 5.74) is 6.59. The zero-order chi connectivity index (χ0) is 23.7. The predicted octanol–water partition coefficient (Wildman–Crippen LogP) is 6.38. The van der Waals surface area contributed by atoms with E-state index in [1.54, 1.807) is 0 Å². The van der Waals surface area contributed by atoms with E-state index in [2.05, 4.69) is 47.3 Å². The number of aromatic nitrogens is 2. The fraction of sp³-hybridized carbons (Fsp3) is 0.296. The second-order valence-electron chi connectivity index (χ2n) is 8.97. The maximum Gasteiger partial charge on any atom is 0.260 e. The molecule has 4 aromatic rings. The van der Waals surface area contributed by atoms with E-state index < -0.39 is 0 Å². The second-order valence-corrected chi connectivity index (χ2v) is 10.8. The number of H-pyrrole nitrogens is 1. The SMILES string of the molecule is CC(C)c1ccccc1NC(=O)CSc1nc2scc(-c3ccc4c(c3)CCCC4)c2c(=O)[nH]1. The first-order valence-electron chi connectivity index (χ1n) is 11.6. The molecule has 7 heteroatoms. The molecular weight excluding hydrogens is 462 g/mol. The Hall–Kier alpha value is -2.90. The average Bonchev–Trinajstić information content (AvgIpc) is 3.27. The van der Waals surface area contributed by atoms with Crippen molar-refractivity contribution >= 4 is 44.9 Å². The van der Waals surface area contributed by atoms with Crippen molar-refractivity contribution in [1.82, 2.24) is 9.97 Å². The number of amides is 1. The number of aromatic amines is 1. The largest absolute Gasteiger partial charge is 0.325 e. The van der Waals surface area contributed by atoms with Gasteiger partial charge >= 0.3 is 0 Å². The molecule has 0 spiro atoms. The van der Waals surface area contributed by atoms with Gasteiger partial charge in [0.15, 0.2) is 5.16 Å². The number of nitrogens with one attached hydrogen (secondary N) is 2. The normalized spacial score (nSPS) is 13.3. The van der Waals surface area contributed by atoms with Crippen molar-refractivity contribution in [3.63, 3.8) is 0 Å². The van der Waals surface area contributed by atoms with Crippen LogP contribution in [0.4, 0.5) is 5.69 Å². The van der Waals surface area contributed by atoms with Gasteiger partial charge in [-0.25, -0.2) is 4.98 Å². The van der Waals surface area contributed by atoms with Crippen LogP contribution in [0.15, 0.2) is 57.8 Å². The maximum absolute atomic E-state index is 13.0. The van der Waals surface area contributed by atoms with E-state index in [1.165, 1.54) is 47.1 Å². The van der Waals surface area contributed by atoms with E-state index in [0.29, 0.717) is 21.3 Å². The van der Waals surface area contributed by atoms with Crippen molar-refractivity contribution in [1.29, 1.82) is 0 Å². The van der Waals surface area contributed by atoms with E-state index in [4.69, 9.17) is 0 Å². The van der Waals surface area contributed by atoms with Crippen LogP contribution in [-0.4, -0.2) is 21.6 Å². The number of anilines is 1. The molecule has 1 amide bonds. The van der Waals surface area contributed by atoms with E-state index in [-0.39, 0.29) is 17.2 Å². The minimum absolute atomic E-state index is 0.123. The Morgan fingerprint density at radius 1 is 1.15 bits per heavy atom. The van der Waals surface area contributed by atoms with Crippen molar-refractivity contribution in [3.8, 4) is 11.1 Å². The van der Waals surface area contributed by atoms with Crippen LogP contribution in [0.2, 0.25) is 0 Å². The Morgan fingerprint density at radius 3 is 2.76 bits per heavy atom. The van der Waals surface area contributed by atoms with Crippen LogP contribution >= 0.6 is 23.1 Å². The van der Waals surface area contributed by atoms with Gasteiger partial charge in [-0.3, -0.25) is 9.59 Å². The number of carbonyl (C=O) groups excluding carboxylic acids is 1. The molecule has 2 aromatic heterocycles. The molecule has 34 heavy (non-hydrogen) atoms. The van der Waals surface area contributed by atoms with Gasteiger partial charge in [-0.05, 0) is 59.9 Å². The molecular formula is C27H27N3O2S2. The Labute approximate surface area is 207 Å². The molecule has 0 unspecified atom stereocenters. The average molecular weight is 490 g/mol. The summed E-state index contributed by atoms with van der Waals surface area (Å²) < 4.78 is 0. The monoisotopic (exact) mass is 489 g/mol. The van der Waals surface area contributed by atoms with Gasteiger partial charge in [-0.15, -0.1) is 11.3 Å². The van der Waals surface area contributed by atoms with Crippen LogP contribution < -0.4 is 10.9 Å². The van der Waals surface area contributed by atoms with Crippen LogP contribution in [-0.2, 0) is 17.6 Å². The van der Waals surface area contributed by atoms with Crippen LogP contribution in [0.1, 0.15) is 49.3 Å². The van der Waals surface area contributed by atoms with E-state index in [0.717, 1.165) is 35.2 Å². The number of nitrogens with zero attached hydrogens (tertiary/aromatic N) is 1. The molecule has 5 rings (SSSR count). The smallest absolute Gasteiger partial charge is 0.260 e. The van der Waals surface area contributed by atoms with E-state index in [1.807, 2.05) is 29.6 Å². The van der Waals surface area contributed by atoms with E-state index >= 15 is 0 Å². The van der Waals surface area contributed by atoms with Gasteiger partial charge in [-0.1, -0.05) is 62.0 Å². The minimum Gasteiger partial charge on any atom is -0.325 e. The molecule has 0 bridgehead atoms. The quantitative estimate of drug-likeness (QED) is 0.243. The number of hydrogen-bond acceptors (Lipinski definition) is 5. The van der Waals surface area contributed by atoms with Crippen LogP contribution in [0.3, 0.4) is 0 Å². The topological polar surface area (TPSA) is 74.8 Å². The molecule has 1 aliphatic carbocycles. The number of rotatable bonds is 6. The lowest BCUT2D eigenvalue weighted by Gasteiger charge is -2.16. The van der Waals surface area contributed by atoms with Crippen LogP contribution in [0, 0.1) is 0 Å². The first kappa shape index (κ1) is 22.9. The molecule has 0 radical (unpaired) electrons. The van der Waals surface area contributed by atoms with Crippen LogP contribution in [0.25, 0.3) is 21.3 Å². The number of thiophene rings is 1. The van der Waals surface area contributed by atoms with Gasteiger partial charge in [0.25, 0.3) is 5.56 Å². The summed E-state index contributed by atoms with van der Waals surface area (Å²) in [6.07, 6.45) is 4.71. The Morgan fingerprint density at radius 2 is 1.94 bits per heavy atom. The van der Waals surface area contributed by atoms with Gasteiger partial charge in [-0.2, -0.15) is 0 Å². The number of para-hydroxylation sites is 1. The molecule has 0 fully saturated rings. The molecule has 2 N–H and O–H groups in total. The summed E-state index contributed by atoms with van der Waals surface area (Å²) in [4.78, 5) is 33.8. The standard InChI is InChI=1S/C27H27N3O2S2/c1-16(2)20-9-5-6-10-22(20)28-23(31)15-34-27-29-25(32)24-21(14-33-26(24)30-27)19-12-11-17-7-3-4-8-18(17)13-19/h5-6,9-14,16H,3-4,7-8,15H2,1-2H3,(H,28,31)(H,29,30,32). The number of hydrogen-bond donors (Lipinski definition) is 2.